The molecule has 1 rings (SSSR count). The van der Waals surface area contributed by atoms with Gasteiger partial charge in [-0.15, -0.1) is 0 Å². The lowest BCUT2D eigenvalue weighted by Crippen LogP contribution is -2.44. The molecule has 0 aliphatic carbocycles. The van der Waals surface area contributed by atoms with E-state index in [2.05, 4.69) is 27.7 Å². The zero-order valence-corrected chi connectivity index (χ0v) is 9.59. The van der Waals surface area contributed by atoms with Crippen molar-refractivity contribution in [2.45, 2.75) is 51.6 Å². The van der Waals surface area contributed by atoms with Gasteiger partial charge < -0.3 is 9.16 Å². The highest BCUT2D eigenvalue weighted by Gasteiger charge is 2.53. The zero-order chi connectivity index (χ0) is 9.19. The molecule has 1 aliphatic rings. The van der Waals surface area contributed by atoms with E-state index in [1.54, 1.807) is 0 Å². The van der Waals surface area contributed by atoms with Crippen LogP contribution in [0.2, 0.25) is 12.1 Å². The molecule has 2 atom stereocenters. The summed E-state index contributed by atoms with van der Waals surface area (Å²) in [7, 11) is -1.49. The third-order valence-electron chi connectivity index (χ3n) is 2.86. The SMILES string of the molecule is CCO[Si](CC)(CC)C1OC1C. The molecule has 0 N–H and O–H groups in total. The lowest BCUT2D eigenvalue weighted by atomic mass is 10.6. The van der Waals surface area contributed by atoms with E-state index in [4.69, 9.17) is 9.16 Å². The topological polar surface area (TPSA) is 21.8 Å². The van der Waals surface area contributed by atoms with Crippen molar-refractivity contribution in [1.29, 1.82) is 0 Å². The minimum Gasteiger partial charge on any atom is -0.414 e. The molecule has 0 amide bonds. The lowest BCUT2D eigenvalue weighted by Gasteiger charge is -2.26. The summed E-state index contributed by atoms with van der Waals surface area (Å²) in [6.07, 6.45) is 0.461. The van der Waals surface area contributed by atoms with Crippen molar-refractivity contribution >= 4 is 8.32 Å². The maximum absolute atomic E-state index is 5.94. The monoisotopic (exact) mass is 188 g/mol. The molecule has 3 heteroatoms. The summed E-state index contributed by atoms with van der Waals surface area (Å²) < 4.78 is 11.5. The minimum atomic E-state index is -1.49. The Morgan fingerprint density at radius 1 is 1.25 bits per heavy atom. The molecular weight excluding hydrogens is 168 g/mol. The Labute approximate surface area is 76.4 Å². The Kier molecular flexibility index (Phi) is 3.32. The molecule has 12 heavy (non-hydrogen) atoms. The van der Waals surface area contributed by atoms with Crippen LogP contribution in [0.25, 0.3) is 0 Å². The highest BCUT2D eigenvalue weighted by Crippen LogP contribution is 2.36. The minimum absolute atomic E-state index is 0.461. The van der Waals surface area contributed by atoms with Gasteiger partial charge in [-0.25, -0.2) is 0 Å². The van der Waals surface area contributed by atoms with E-state index in [0.717, 1.165) is 6.61 Å². The van der Waals surface area contributed by atoms with Crippen LogP contribution in [0.3, 0.4) is 0 Å². The van der Waals surface area contributed by atoms with E-state index < -0.39 is 8.32 Å². The van der Waals surface area contributed by atoms with Gasteiger partial charge in [-0.3, -0.25) is 0 Å². The van der Waals surface area contributed by atoms with Crippen LogP contribution in [-0.4, -0.2) is 26.8 Å². The number of rotatable bonds is 5. The van der Waals surface area contributed by atoms with E-state index in [-0.39, 0.29) is 0 Å². The highest BCUT2D eigenvalue weighted by atomic mass is 28.4. The first-order chi connectivity index (χ1) is 5.70. The molecule has 0 aromatic heterocycles. The van der Waals surface area contributed by atoms with Crippen molar-refractivity contribution in [2.24, 2.45) is 0 Å². The summed E-state index contributed by atoms with van der Waals surface area (Å²) >= 11 is 0. The van der Waals surface area contributed by atoms with E-state index >= 15 is 0 Å². The van der Waals surface area contributed by atoms with E-state index in [1.807, 2.05) is 0 Å². The Bertz CT molecular complexity index is 145. The van der Waals surface area contributed by atoms with Crippen LogP contribution in [0.4, 0.5) is 0 Å². The quantitative estimate of drug-likeness (QED) is 0.488. The first-order valence-corrected chi connectivity index (χ1v) is 7.39. The molecule has 2 nitrogen and oxygen atoms in total. The molecule has 72 valence electrons. The first kappa shape index (κ1) is 10.2. The average molecular weight is 188 g/mol. The number of epoxide rings is 1. The molecule has 0 radical (unpaired) electrons. The lowest BCUT2D eigenvalue weighted by molar-refractivity contribution is 0.299. The number of hydrogen-bond donors (Lipinski definition) is 0. The number of ether oxygens (including phenoxy) is 1. The third kappa shape index (κ3) is 1.73. The van der Waals surface area contributed by atoms with Crippen LogP contribution < -0.4 is 0 Å². The summed E-state index contributed by atoms with van der Waals surface area (Å²) in [5.41, 5.74) is 0.479. The van der Waals surface area contributed by atoms with Crippen molar-refractivity contribution in [1.82, 2.24) is 0 Å². The molecule has 0 bridgehead atoms. The Hall–Kier alpha value is 0.137. The summed E-state index contributed by atoms with van der Waals surface area (Å²) in [4.78, 5) is 0. The van der Waals surface area contributed by atoms with Crippen molar-refractivity contribution in [2.75, 3.05) is 6.61 Å². The summed E-state index contributed by atoms with van der Waals surface area (Å²) in [5.74, 6) is 0. The summed E-state index contributed by atoms with van der Waals surface area (Å²) in [6.45, 7) is 9.55. The molecule has 0 aromatic rings. The van der Waals surface area contributed by atoms with Gasteiger partial charge in [-0.2, -0.15) is 0 Å². The second-order valence-electron chi connectivity index (χ2n) is 3.47. The highest BCUT2D eigenvalue weighted by molar-refractivity contribution is 6.75. The average Bonchev–Trinajstić information content (AvgIpc) is 2.79. The summed E-state index contributed by atoms with van der Waals surface area (Å²) in [5, 5.41) is 0. The maximum Gasteiger partial charge on any atom is 0.223 e. The second kappa shape index (κ2) is 3.90. The normalized spacial score (nSPS) is 29.0. The van der Waals surface area contributed by atoms with Crippen molar-refractivity contribution in [3.63, 3.8) is 0 Å². The van der Waals surface area contributed by atoms with Gasteiger partial charge >= 0.3 is 0 Å². The van der Waals surface area contributed by atoms with E-state index in [9.17, 15) is 0 Å². The second-order valence-corrected chi connectivity index (χ2v) is 7.87. The molecule has 1 saturated heterocycles. The zero-order valence-electron chi connectivity index (χ0n) is 8.59. The predicted octanol–water partition coefficient (Wildman–Crippen LogP) is 2.33. The molecule has 1 aliphatic heterocycles. The number of hydrogen-bond acceptors (Lipinski definition) is 2. The van der Waals surface area contributed by atoms with Crippen LogP contribution in [0.1, 0.15) is 27.7 Å². The van der Waals surface area contributed by atoms with Crippen LogP contribution in [0.15, 0.2) is 0 Å². The molecule has 0 spiro atoms. The fourth-order valence-corrected chi connectivity index (χ4v) is 5.73. The fourth-order valence-electron chi connectivity index (χ4n) is 1.96. The van der Waals surface area contributed by atoms with Gasteiger partial charge in [0.2, 0.25) is 8.32 Å². The largest absolute Gasteiger partial charge is 0.414 e. The predicted molar refractivity (Wildman–Crippen MR) is 52.7 cm³/mol. The van der Waals surface area contributed by atoms with E-state index in [0.29, 0.717) is 11.8 Å². The standard InChI is InChI=1S/C9H20O2Si/c1-5-10-12(6-2,7-3)9-8(4)11-9/h8-9H,5-7H2,1-4H3. The first-order valence-electron chi connectivity index (χ1n) is 4.99. The molecular formula is C9H20O2Si. The summed E-state index contributed by atoms with van der Waals surface area (Å²) in [6, 6.07) is 2.37. The maximum atomic E-state index is 5.94. The van der Waals surface area contributed by atoms with Crippen molar-refractivity contribution in [3.8, 4) is 0 Å². The molecule has 1 heterocycles. The van der Waals surface area contributed by atoms with Gasteiger partial charge in [-0.05, 0) is 25.9 Å². The Balaban J connectivity index is 2.56. The van der Waals surface area contributed by atoms with Crippen LogP contribution >= 0.6 is 0 Å². The van der Waals surface area contributed by atoms with Gasteiger partial charge in [-0.1, -0.05) is 13.8 Å². The molecule has 0 saturated carbocycles. The van der Waals surface area contributed by atoms with Gasteiger partial charge in [0, 0.05) is 6.61 Å². The smallest absolute Gasteiger partial charge is 0.223 e. The van der Waals surface area contributed by atoms with Crippen LogP contribution in [0.5, 0.6) is 0 Å². The van der Waals surface area contributed by atoms with Crippen molar-refractivity contribution < 1.29 is 9.16 Å². The van der Waals surface area contributed by atoms with Gasteiger partial charge in [0.1, 0.15) is 5.73 Å². The van der Waals surface area contributed by atoms with E-state index in [1.165, 1.54) is 12.1 Å². The molecule has 0 aromatic carbocycles. The van der Waals surface area contributed by atoms with Crippen molar-refractivity contribution in [3.05, 3.63) is 0 Å². The Morgan fingerprint density at radius 2 is 1.75 bits per heavy atom. The van der Waals surface area contributed by atoms with Gasteiger partial charge in [0.15, 0.2) is 0 Å². The third-order valence-corrected chi connectivity index (χ3v) is 7.76. The van der Waals surface area contributed by atoms with Gasteiger partial charge in [0.05, 0.1) is 6.10 Å². The van der Waals surface area contributed by atoms with Crippen LogP contribution in [-0.2, 0) is 9.16 Å². The Morgan fingerprint density at radius 3 is 2.00 bits per heavy atom. The molecule has 1 fully saturated rings. The van der Waals surface area contributed by atoms with Gasteiger partial charge in [0.25, 0.3) is 0 Å². The fraction of sp³-hybridized carbons (Fsp3) is 1.00. The molecule has 2 unspecified atom stereocenters. The van der Waals surface area contributed by atoms with Crippen LogP contribution in [0, 0.1) is 0 Å².